The molecule has 1 aliphatic rings. The molecule has 3 aromatic rings. The van der Waals surface area contributed by atoms with E-state index in [0.29, 0.717) is 59.1 Å². The van der Waals surface area contributed by atoms with Gasteiger partial charge in [0.15, 0.2) is 0 Å². The third-order valence-corrected chi connectivity index (χ3v) is 8.41. The molecule has 0 spiro atoms. The number of carbonyl (C=O) groups is 1. The normalized spacial score (nSPS) is 14.7. The molecule has 2 heterocycles. The molecule has 2 aromatic carbocycles. The molecule has 174 valence electrons. The molecule has 0 radical (unpaired) electrons. The van der Waals surface area contributed by atoms with Crippen LogP contribution in [0.1, 0.15) is 15.2 Å². The highest BCUT2D eigenvalue weighted by Gasteiger charge is 2.26. The Balaban J connectivity index is 1.47. The SMILES string of the molecule is O=C(Nc1ccc(S(=O)(=O)N2CCOCC2)cc1)c1cc(Cl)ccc1NCc1ccc(Cl)s1. The molecule has 1 aromatic heterocycles. The largest absolute Gasteiger partial charge is 0.380 e. The van der Waals surface area contributed by atoms with Crippen molar-refractivity contribution in [1.29, 1.82) is 0 Å². The topological polar surface area (TPSA) is 87.7 Å². The first kappa shape index (κ1) is 24.0. The molecule has 7 nitrogen and oxygen atoms in total. The Morgan fingerprint density at radius 2 is 1.76 bits per heavy atom. The first-order valence-corrected chi connectivity index (χ1v) is 13.1. The first-order valence-electron chi connectivity index (χ1n) is 10.1. The Morgan fingerprint density at radius 1 is 1.03 bits per heavy atom. The van der Waals surface area contributed by atoms with Gasteiger partial charge in [0.25, 0.3) is 5.91 Å². The minimum atomic E-state index is -3.60. The predicted molar refractivity (Wildman–Crippen MR) is 132 cm³/mol. The molecule has 11 heteroatoms. The van der Waals surface area contributed by atoms with Crippen LogP contribution in [0.15, 0.2) is 59.5 Å². The Morgan fingerprint density at radius 3 is 2.42 bits per heavy atom. The summed E-state index contributed by atoms with van der Waals surface area (Å²) in [6.07, 6.45) is 0. The molecule has 4 rings (SSSR count). The lowest BCUT2D eigenvalue weighted by Crippen LogP contribution is -2.40. The molecular weight excluding hydrogens is 505 g/mol. The van der Waals surface area contributed by atoms with Crippen molar-refractivity contribution >= 4 is 61.8 Å². The lowest BCUT2D eigenvalue weighted by Gasteiger charge is -2.26. The number of sulfonamides is 1. The average Bonchev–Trinajstić information content (AvgIpc) is 3.24. The molecule has 0 saturated carbocycles. The number of hydrogen-bond acceptors (Lipinski definition) is 6. The fourth-order valence-corrected chi connectivity index (χ4v) is 5.94. The van der Waals surface area contributed by atoms with Crippen LogP contribution in [0.5, 0.6) is 0 Å². The van der Waals surface area contributed by atoms with Crippen molar-refractivity contribution in [3.05, 3.63) is 74.4 Å². The van der Waals surface area contributed by atoms with Crippen LogP contribution < -0.4 is 10.6 Å². The van der Waals surface area contributed by atoms with E-state index in [1.54, 1.807) is 30.3 Å². The van der Waals surface area contributed by atoms with E-state index in [1.807, 2.05) is 12.1 Å². The van der Waals surface area contributed by atoms with Gasteiger partial charge in [-0.05, 0) is 54.6 Å². The summed E-state index contributed by atoms with van der Waals surface area (Å²) < 4.78 is 32.9. The van der Waals surface area contributed by atoms with Crippen LogP contribution >= 0.6 is 34.5 Å². The second kappa shape index (κ2) is 10.4. The minimum absolute atomic E-state index is 0.169. The van der Waals surface area contributed by atoms with Crippen molar-refractivity contribution in [1.82, 2.24) is 4.31 Å². The van der Waals surface area contributed by atoms with Gasteiger partial charge in [0.05, 0.1) is 28.0 Å². The number of rotatable bonds is 7. The lowest BCUT2D eigenvalue weighted by atomic mass is 10.1. The van der Waals surface area contributed by atoms with Crippen molar-refractivity contribution in [3.8, 4) is 0 Å². The van der Waals surface area contributed by atoms with Crippen LogP contribution in [0, 0.1) is 0 Å². The summed E-state index contributed by atoms with van der Waals surface area (Å²) in [4.78, 5) is 14.2. The maximum absolute atomic E-state index is 13.0. The van der Waals surface area contributed by atoms with E-state index in [1.165, 1.54) is 27.8 Å². The van der Waals surface area contributed by atoms with Crippen LogP contribution in [-0.4, -0.2) is 44.9 Å². The van der Waals surface area contributed by atoms with Crippen LogP contribution in [-0.2, 0) is 21.3 Å². The highest BCUT2D eigenvalue weighted by Crippen LogP contribution is 2.26. The van der Waals surface area contributed by atoms with Crippen LogP contribution in [0.2, 0.25) is 9.36 Å². The molecule has 1 fully saturated rings. The van der Waals surface area contributed by atoms with E-state index in [9.17, 15) is 13.2 Å². The number of nitrogens with one attached hydrogen (secondary N) is 2. The third kappa shape index (κ3) is 5.87. The molecule has 1 amide bonds. The van der Waals surface area contributed by atoms with Crippen molar-refractivity contribution < 1.29 is 17.9 Å². The standard InChI is InChI=1S/C22H21Cl2N3O4S2/c23-15-1-7-20(25-14-17-4-8-21(24)32-17)19(13-15)22(28)26-16-2-5-18(6-3-16)33(29,30)27-9-11-31-12-10-27/h1-8,13,25H,9-12,14H2,(H,26,28). The van der Waals surface area contributed by atoms with Crippen LogP contribution in [0.25, 0.3) is 0 Å². The number of carbonyl (C=O) groups excluding carboxylic acids is 1. The number of nitrogens with zero attached hydrogens (tertiary/aromatic N) is 1. The fraction of sp³-hybridized carbons (Fsp3) is 0.227. The number of ether oxygens (including phenoxy) is 1. The maximum Gasteiger partial charge on any atom is 0.257 e. The van der Waals surface area contributed by atoms with E-state index >= 15 is 0 Å². The summed E-state index contributed by atoms with van der Waals surface area (Å²) in [7, 11) is -3.60. The number of morpholine rings is 1. The van der Waals surface area contributed by atoms with Crippen molar-refractivity contribution in [2.24, 2.45) is 0 Å². The monoisotopic (exact) mass is 525 g/mol. The van der Waals surface area contributed by atoms with Crippen LogP contribution in [0.3, 0.4) is 0 Å². The number of anilines is 2. The minimum Gasteiger partial charge on any atom is -0.380 e. The second-order valence-corrected chi connectivity index (χ2v) is 11.4. The summed E-state index contributed by atoms with van der Waals surface area (Å²) in [6, 6.07) is 14.9. The van der Waals surface area contributed by atoms with Gasteiger partial charge in [-0.1, -0.05) is 23.2 Å². The predicted octanol–water partition coefficient (Wildman–Crippen LogP) is 4.94. The Hall–Kier alpha value is -2.14. The fourth-order valence-electron chi connectivity index (χ4n) is 3.33. The lowest BCUT2D eigenvalue weighted by molar-refractivity contribution is 0.0730. The summed E-state index contributed by atoms with van der Waals surface area (Å²) >= 11 is 13.6. The molecule has 0 unspecified atom stereocenters. The Kier molecular flexibility index (Phi) is 7.58. The third-order valence-electron chi connectivity index (χ3n) is 5.03. The zero-order valence-corrected chi connectivity index (χ0v) is 20.5. The summed E-state index contributed by atoms with van der Waals surface area (Å²) in [5, 5.41) is 6.47. The maximum atomic E-state index is 13.0. The van der Waals surface area contributed by atoms with Gasteiger partial charge in [-0.2, -0.15) is 4.31 Å². The van der Waals surface area contributed by atoms with E-state index in [4.69, 9.17) is 27.9 Å². The molecule has 0 aliphatic carbocycles. The van der Waals surface area contributed by atoms with Crippen molar-refractivity contribution in [2.45, 2.75) is 11.4 Å². The van der Waals surface area contributed by atoms with Gasteiger partial charge in [-0.15, -0.1) is 11.3 Å². The highest BCUT2D eigenvalue weighted by atomic mass is 35.5. The smallest absolute Gasteiger partial charge is 0.257 e. The van der Waals surface area contributed by atoms with Crippen LogP contribution in [0.4, 0.5) is 11.4 Å². The summed E-state index contributed by atoms with van der Waals surface area (Å²) in [5.41, 5.74) is 1.46. The van der Waals surface area contributed by atoms with E-state index < -0.39 is 10.0 Å². The van der Waals surface area contributed by atoms with Gasteiger partial charge >= 0.3 is 0 Å². The van der Waals surface area contributed by atoms with Gasteiger partial charge in [0, 0.05) is 40.9 Å². The molecule has 33 heavy (non-hydrogen) atoms. The zero-order chi connectivity index (χ0) is 23.4. The number of halogens is 2. The number of thiophene rings is 1. The first-order chi connectivity index (χ1) is 15.8. The average molecular weight is 526 g/mol. The van der Waals surface area contributed by atoms with Crippen molar-refractivity contribution in [3.63, 3.8) is 0 Å². The quantitative estimate of drug-likeness (QED) is 0.456. The second-order valence-electron chi connectivity index (χ2n) is 7.24. The van der Waals surface area contributed by atoms with E-state index in [0.717, 1.165) is 4.88 Å². The molecule has 2 N–H and O–H groups in total. The van der Waals surface area contributed by atoms with E-state index in [-0.39, 0.29) is 10.8 Å². The highest BCUT2D eigenvalue weighted by molar-refractivity contribution is 7.89. The van der Waals surface area contributed by atoms with Gasteiger partial charge < -0.3 is 15.4 Å². The van der Waals surface area contributed by atoms with Crippen molar-refractivity contribution in [2.75, 3.05) is 36.9 Å². The zero-order valence-electron chi connectivity index (χ0n) is 17.4. The van der Waals surface area contributed by atoms with Gasteiger partial charge in [-0.25, -0.2) is 8.42 Å². The summed E-state index contributed by atoms with van der Waals surface area (Å²) in [6.45, 7) is 1.91. The van der Waals surface area contributed by atoms with E-state index in [2.05, 4.69) is 10.6 Å². The molecule has 0 atom stereocenters. The Labute approximate surface area is 206 Å². The molecule has 1 saturated heterocycles. The molecule has 0 bridgehead atoms. The molecular formula is C22H21Cl2N3O4S2. The number of amides is 1. The molecule has 1 aliphatic heterocycles. The summed E-state index contributed by atoms with van der Waals surface area (Å²) in [5.74, 6) is -0.368. The van der Waals surface area contributed by atoms with Gasteiger partial charge in [-0.3, -0.25) is 4.79 Å². The number of benzene rings is 2. The van der Waals surface area contributed by atoms with Gasteiger partial charge in [0.1, 0.15) is 0 Å². The number of hydrogen-bond donors (Lipinski definition) is 2. The Bertz CT molecular complexity index is 1240. The van der Waals surface area contributed by atoms with Gasteiger partial charge in [0.2, 0.25) is 10.0 Å².